The van der Waals surface area contributed by atoms with Crippen LogP contribution in [0.15, 0.2) is 60.9 Å². The summed E-state index contributed by atoms with van der Waals surface area (Å²) in [5, 5.41) is 10.2. The van der Waals surface area contributed by atoms with Gasteiger partial charge in [-0.2, -0.15) is 0 Å². The Labute approximate surface area is 184 Å². The first-order valence-electron chi connectivity index (χ1n) is 9.76. The highest BCUT2D eigenvalue weighted by molar-refractivity contribution is 6.31. The predicted octanol–water partition coefficient (Wildman–Crippen LogP) is 4.24. The number of amides is 1. The average Bonchev–Trinajstić information content (AvgIpc) is 3.24. The molecule has 1 amide bonds. The molecule has 3 aromatic rings. The number of likely N-dealkylation sites (tertiary alicyclic amines) is 1. The standard InChI is InChI=1S/C23H20ClN3O4/c1-31-21-20(25-12-13-26-21)14-6-8-15(9-7-14)22(28)27-18(10-11-19(27)23(29)30)16-4-2-3-5-17(16)24/h2-9,12-13,18-19H,10-11H2,1H3,(H,29,30)/t18-,19+/m1/s1. The zero-order valence-corrected chi connectivity index (χ0v) is 17.5. The van der Waals surface area contributed by atoms with Gasteiger partial charge in [0.1, 0.15) is 11.7 Å². The zero-order chi connectivity index (χ0) is 22.0. The highest BCUT2D eigenvalue weighted by atomic mass is 35.5. The van der Waals surface area contributed by atoms with E-state index in [0.29, 0.717) is 35.0 Å². The zero-order valence-electron chi connectivity index (χ0n) is 16.7. The second-order valence-electron chi connectivity index (χ2n) is 7.17. The maximum absolute atomic E-state index is 13.4. The van der Waals surface area contributed by atoms with E-state index in [1.165, 1.54) is 18.2 Å². The van der Waals surface area contributed by atoms with Gasteiger partial charge in [0.15, 0.2) is 0 Å². The van der Waals surface area contributed by atoms with E-state index in [9.17, 15) is 14.7 Å². The molecular formula is C23H20ClN3O4. The Morgan fingerprint density at radius 1 is 1.06 bits per heavy atom. The third-order valence-electron chi connectivity index (χ3n) is 5.43. The van der Waals surface area contributed by atoms with Gasteiger partial charge in [0, 0.05) is 28.5 Å². The number of carboxylic acids is 1. The lowest BCUT2D eigenvalue weighted by Gasteiger charge is -2.29. The highest BCUT2D eigenvalue weighted by Gasteiger charge is 2.42. The van der Waals surface area contributed by atoms with Crippen molar-refractivity contribution >= 4 is 23.5 Å². The minimum absolute atomic E-state index is 0.354. The molecule has 0 unspecified atom stereocenters. The molecule has 1 aromatic heterocycles. The van der Waals surface area contributed by atoms with Crippen LogP contribution in [0.2, 0.25) is 5.02 Å². The summed E-state index contributed by atoms with van der Waals surface area (Å²) in [6.07, 6.45) is 3.99. The van der Waals surface area contributed by atoms with E-state index in [4.69, 9.17) is 16.3 Å². The number of ether oxygens (including phenoxy) is 1. The number of rotatable bonds is 5. The average molecular weight is 438 g/mol. The fourth-order valence-electron chi connectivity index (χ4n) is 3.98. The number of nitrogens with zero attached hydrogens (tertiary/aromatic N) is 3. The number of benzene rings is 2. The number of hydrogen-bond acceptors (Lipinski definition) is 5. The summed E-state index contributed by atoms with van der Waals surface area (Å²) in [7, 11) is 1.51. The first-order chi connectivity index (χ1) is 15.0. The lowest BCUT2D eigenvalue weighted by atomic mass is 10.0. The predicted molar refractivity (Wildman–Crippen MR) is 115 cm³/mol. The molecule has 0 radical (unpaired) electrons. The van der Waals surface area contributed by atoms with Crippen LogP contribution in [0.3, 0.4) is 0 Å². The number of halogens is 1. The van der Waals surface area contributed by atoms with Gasteiger partial charge in [-0.05, 0) is 36.6 Å². The molecule has 1 aliphatic heterocycles. The normalized spacial score (nSPS) is 18.1. The molecule has 1 aliphatic rings. The first kappa shape index (κ1) is 20.8. The smallest absolute Gasteiger partial charge is 0.326 e. The summed E-state index contributed by atoms with van der Waals surface area (Å²) in [5.74, 6) is -0.998. The lowest BCUT2D eigenvalue weighted by Crippen LogP contribution is -2.41. The van der Waals surface area contributed by atoms with Gasteiger partial charge in [0.25, 0.3) is 5.91 Å². The number of aliphatic carboxylic acids is 1. The molecule has 1 N–H and O–H groups in total. The SMILES string of the molecule is COc1nccnc1-c1ccc(C(=O)N2[C@@H](c3ccccc3Cl)CC[C@H]2C(=O)O)cc1. The molecule has 8 heteroatoms. The maximum Gasteiger partial charge on any atom is 0.326 e. The third kappa shape index (κ3) is 3.96. The van der Waals surface area contributed by atoms with Gasteiger partial charge in [-0.3, -0.25) is 4.79 Å². The van der Waals surface area contributed by atoms with Crippen molar-refractivity contribution in [2.75, 3.05) is 7.11 Å². The van der Waals surface area contributed by atoms with E-state index < -0.39 is 18.1 Å². The summed E-state index contributed by atoms with van der Waals surface area (Å²) < 4.78 is 5.25. The first-order valence-corrected chi connectivity index (χ1v) is 10.1. The van der Waals surface area contributed by atoms with E-state index in [1.807, 2.05) is 12.1 Å². The Bertz CT molecular complexity index is 1120. The van der Waals surface area contributed by atoms with E-state index in [2.05, 4.69) is 9.97 Å². The van der Waals surface area contributed by atoms with Crippen molar-refractivity contribution < 1.29 is 19.4 Å². The molecule has 7 nitrogen and oxygen atoms in total. The van der Waals surface area contributed by atoms with Crippen molar-refractivity contribution in [3.8, 4) is 17.1 Å². The van der Waals surface area contributed by atoms with Crippen LogP contribution in [-0.2, 0) is 4.79 Å². The second-order valence-corrected chi connectivity index (χ2v) is 7.58. The van der Waals surface area contributed by atoms with Crippen LogP contribution < -0.4 is 4.74 Å². The second kappa shape index (κ2) is 8.73. The number of carbonyl (C=O) groups is 2. The third-order valence-corrected chi connectivity index (χ3v) is 5.78. The molecule has 158 valence electrons. The maximum atomic E-state index is 13.4. The summed E-state index contributed by atoms with van der Waals surface area (Å²) in [6.45, 7) is 0. The van der Waals surface area contributed by atoms with Crippen LogP contribution in [0.4, 0.5) is 0 Å². The monoisotopic (exact) mass is 437 g/mol. The van der Waals surface area contributed by atoms with Gasteiger partial charge in [-0.1, -0.05) is 41.9 Å². The van der Waals surface area contributed by atoms with Crippen molar-refractivity contribution in [3.63, 3.8) is 0 Å². The van der Waals surface area contributed by atoms with Crippen molar-refractivity contribution in [1.82, 2.24) is 14.9 Å². The van der Waals surface area contributed by atoms with E-state index >= 15 is 0 Å². The number of aromatic nitrogens is 2. The summed E-state index contributed by atoms with van der Waals surface area (Å²) in [6, 6.07) is 12.7. The number of carboxylic acid groups (broad SMARTS) is 1. The molecule has 4 rings (SSSR count). The Balaban J connectivity index is 1.67. The van der Waals surface area contributed by atoms with Crippen LogP contribution in [0.5, 0.6) is 5.88 Å². The molecule has 0 bridgehead atoms. The molecule has 2 atom stereocenters. The van der Waals surface area contributed by atoms with Gasteiger partial charge >= 0.3 is 5.97 Å². The Hall–Kier alpha value is -3.45. The van der Waals surface area contributed by atoms with Crippen LogP contribution in [0.1, 0.15) is 34.8 Å². The Morgan fingerprint density at radius 2 is 1.77 bits per heavy atom. The van der Waals surface area contributed by atoms with Crippen LogP contribution in [0.25, 0.3) is 11.3 Å². The van der Waals surface area contributed by atoms with E-state index in [1.54, 1.807) is 42.6 Å². The lowest BCUT2D eigenvalue weighted by molar-refractivity contribution is -0.141. The highest BCUT2D eigenvalue weighted by Crippen LogP contribution is 2.40. The molecular weight excluding hydrogens is 418 g/mol. The molecule has 1 fully saturated rings. The fourth-order valence-corrected chi connectivity index (χ4v) is 4.24. The quantitative estimate of drug-likeness (QED) is 0.641. The topological polar surface area (TPSA) is 92.6 Å². The molecule has 0 aliphatic carbocycles. The van der Waals surface area contributed by atoms with Crippen molar-refractivity contribution in [3.05, 3.63) is 77.1 Å². The molecule has 2 heterocycles. The minimum Gasteiger partial charge on any atom is -0.480 e. The van der Waals surface area contributed by atoms with Crippen LogP contribution in [-0.4, -0.2) is 45.0 Å². The number of carbonyl (C=O) groups excluding carboxylic acids is 1. The number of hydrogen-bond donors (Lipinski definition) is 1. The summed E-state index contributed by atoms with van der Waals surface area (Å²) >= 11 is 6.35. The van der Waals surface area contributed by atoms with E-state index in [-0.39, 0.29) is 5.91 Å². The summed E-state index contributed by atoms with van der Waals surface area (Å²) in [4.78, 5) is 35.1. The van der Waals surface area contributed by atoms with Gasteiger partial charge in [0.05, 0.1) is 13.2 Å². The van der Waals surface area contributed by atoms with Crippen molar-refractivity contribution in [2.45, 2.75) is 24.9 Å². The molecule has 31 heavy (non-hydrogen) atoms. The van der Waals surface area contributed by atoms with Gasteiger partial charge in [0.2, 0.25) is 5.88 Å². The van der Waals surface area contributed by atoms with Crippen LogP contribution in [0, 0.1) is 0 Å². The van der Waals surface area contributed by atoms with Gasteiger partial charge < -0.3 is 14.7 Å². The fraction of sp³-hybridized carbons (Fsp3) is 0.217. The van der Waals surface area contributed by atoms with E-state index in [0.717, 1.165) is 11.1 Å². The van der Waals surface area contributed by atoms with Gasteiger partial charge in [-0.15, -0.1) is 0 Å². The van der Waals surface area contributed by atoms with Gasteiger partial charge in [-0.25, -0.2) is 14.8 Å². The van der Waals surface area contributed by atoms with Crippen LogP contribution >= 0.6 is 11.6 Å². The Morgan fingerprint density at radius 3 is 2.45 bits per heavy atom. The molecule has 2 aromatic carbocycles. The van der Waals surface area contributed by atoms with Crippen molar-refractivity contribution in [2.24, 2.45) is 0 Å². The Kier molecular flexibility index (Phi) is 5.86. The minimum atomic E-state index is -1.02. The molecule has 0 spiro atoms. The molecule has 0 saturated carbocycles. The number of methoxy groups -OCH3 is 1. The van der Waals surface area contributed by atoms with Crippen molar-refractivity contribution in [1.29, 1.82) is 0 Å². The summed E-state index contributed by atoms with van der Waals surface area (Å²) in [5.41, 5.74) is 2.43. The largest absolute Gasteiger partial charge is 0.480 e. The molecule has 1 saturated heterocycles.